The van der Waals surface area contributed by atoms with Gasteiger partial charge >= 0.3 is 0 Å². The fraction of sp³-hybridized carbons (Fsp3) is 0.200. The summed E-state index contributed by atoms with van der Waals surface area (Å²) in [6, 6.07) is 13.3. The zero-order valence-electron chi connectivity index (χ0n) is 18.1. The standard InChI is InChI=1S/C25H17Cl5FNO3/c1-35-21-10-16(31)3-2-12(21)8-20(33)18-11-17(4-5-19(18)28)32-24(34)23-22(25(23,29)30)13-6-14(26)9-15(27)7-13/h2-7,9-11,22-23H,8H2,1H3,(H,32,34). The van der Waals surface area contributed by atoms with Gasteiger partial charge in [-0.15, -0.1) is 23.2 Å². The molecule has 2 atom stereocenters. The number of anilines is 1. The Kier molecular flexibility index (Phi) is 7.56. The number of ether oxygens (including phenoxy) is 1. The lowest BCUT2D eigenvalue weighted by Gasteiger charge is -2.11. The van der Waals surface area contributed by atoms with Crippen LogP contribution in [0.15, 0.2) is 54.6 Å². The van der Waals surface area contributed by atoms with Gasteiger partial charge in [0.05, 0.1) is 18.1 Å². The van der Waals surface area contributed by atoms with Crippen LogP contribution in [0.3, 0.4) is 0 Å². The summed E-state index contributed by atoms with van der Waals surface area (Å²) in [4.78, 5) is 26.0. The molecule has 1 amide bonds. The second-order valence-corrected chi connectivity index (χ2v) is 10.8. The van der Waals surface area contributed by atoms with Crippen molar-refractivity contribution in [2.75, 3.05) is 12.4 Å². The first kappa shape index (κ1) is 26.1. The number of benzene rings is 3. The van der Waals surface area contributed by atoms with E-state index in [9.17, 15) is 14.0 Å². The van der Waals surface area contributed by atoms with E-state index in [1.807, 2.05) is 0 Å². The van der Waals surface area contributed by atoms with Crippen LogP contribution < -0.4 is 10.1 Å². The Morgan fingerprint density at radius 2 is 1.69 bits per heavy atom. The van der Waals surface area contributed by atoms with Gasteiger partial charge in [-0.1, -0.05) is 40.9 Å². The normalized spacial score (nSPS) is 18.1. The number of ketones is 1. The summed E-state index contributed by atoms with van der Waals surface area (Å²) in [6.07, 6.45) is -0.0761. The lowest BCUT2D eigenvalue weighted by atomic mass is 10.0. The molecule has 1 N–H and O–H groups in total. The molecule has 1 fully saturated rings. The molecule has 4 rings (SSSR count). The average molecular weight is 576 g/mol. The Morgan fingerprint density at radius 3 is 2.34 bits per heavy atom. The number of Topliss-reactive ketones (excluding diaryl/α,β-unsaturated/α-hetero) is 1. The molecule has 0 heterocycles. The van der Waals surface area contributed by atoms with E-state index in [0.29, 0.717) is 26.9 Å². The molecule has 0 saturated heterocycles. The minimum absolute atomic E-state index is 0.0761. The Morgan fingerprint density at radius 1 is 1.00 bits per heavy atom. The van der Waals surface area contributed by atoms with Crippen LogP contribution in [-0.2, 0) is 11.2 Å². The molecule has 1 aliphatic rings. The van der Waals surface area contributed by atoms with Gasteiger partial charge in [-0.25, -0.2) is 4.39 Å². The van der Waals surface area contributed by atoms with E-state index in [1.165, 1.54) is 37.4 Å². The summed E-state index contributed by atoms with van der Waals surface area (Å²) in [5.41, 5.74) is 1.67. The third kappa shape index (κ3) is 5.55. The lowest BCUT2D eigenvalue weighted by molar-refractivity contribution is -0.117. The first-order chi connectivity index (χ1) is 16.5. The fourth-order valence-corrected chi connectivity index (χ4v) is 5.59. The summed E-state index contributed by atoms with van der Waals surface area (Å²) < 4.78 is 17.3. The molecule has 3 aromatic carbocycles. The first-order valence-electron chi connectivity index (χ1n) is 10.3. The Balaban J connectivity index is 1.52. The van der Waals surface area contributed by atoms with E-state index in [0.717, 1.165) is 0 Å². The van der Waals surface area contributed by atoms with E-state index in [4.69, 9.17) is 62.7 Å². The molecule has 0 aromatic heterocycles. The molecule has 182 valence electrons. The Labute approximate surface area is 226 Å². The van der Waals surface area contributed by atoms with Gasteiger partial charge in [0, 0.05) is 45.3 Å². The predicted molar refractivity (Wildman–Crippen MR) is 138 cm³/mol. The van der Waals surface area contributed by atoms with Crippen molar-refractivity contribution in [1.29, 1.82) is 0 Å². The maximum Gasteiger partial charge on any atom is 0.231 e. The molecule has 0 spiro atoms. The molecule has 0 aliphatic heterocycles. The number of halogens is 6. The van der Waals surface area contributed by atoms with Crippen molar-refractivity contribution < 1.29 is 18.7 Å². The highest BCUT2D eigenvalue weighted by Gasteiger charge is 2.67. The SMILES string of the molecule is COc1cc(F)ccc1CC(=O)c1cc(NC(=O)C2C(c3cc(Cl)cc(Cl)c3)C2(Cl)Cl)ccc1Cl. The van der Waals surface area contributed by atoms with Crippen molar-refractivity contribution in [1.82, 2.24) is 0 Å². The molecular weight excluding hydrogens is 559 g/mol. The molecule has 10 heteroatoms. The van der Waals surface area contributed by atoms with Gasteiger partial charge in [0.15, 0.2) is 5.78 Å². The number of rotatable bonds is 7. The molecule has 1 saturated carbocycles. The van der Waals surface area contributed by atoms with Gasteiger partial charge in [-0.2, -0.15) is 0 Å². The second kappa shape index (κ2) is 10.2. The van der Waals surface area contributed by atoms with Crippen LogP contribution in [-0.4, -0.2) is 23.1 Å². The van der Waals surface area contributed by atoms with E-state index in [-0.39, 0.29) is 28.5 Å². The number of amides is 1. The van der Waals surface area contributed by atoms with Crippen LogP contribution in [0.25, 0.3) is 0 Å². The van der Waals surface area contributed by atoms with Gasteiger partial charge in [-0.3, -0.25) is 9.59 Å². The van der Waals surface area contributed by atoms with Crippen LogP contribution in [0.1, 0.15) is 27.4 Å². The second-order valence-electron chi connectivity index (χ2n) is 8.07. The highest BCUT2D eigenvalue weighted by molar-refractivity contribution is 6.53. The largest absolute Gasteiger partial charge is 0.496 e. The van der Waals surface area contributed by atoms with Crippen LogP contribution in [0, 0.1) is 11.7 Å². The summed E-state index contributed by atoms with van der Waals surface area (Å²) in [7, 11) is 1.39. The summed E-state index contributed by atoms with van der Waals surface area (Å²) in [6.45, 7) is 0. The number of methoxy groups -OCH3 is 1. The highest BCUT2D eigenvalue weighted by atomic mass is 35.5. The van der Waals surface area contributed by atoms with Crippen LogP contribution in [0.2, 0.25) is 15.1 Å². The average Bonchev–Trinajstić information content (AvgIpc) is 3.37. The van der Waals surface area contributed by atoms with E-state index in [1.54, 1.807) is 24.3 Å². The van der Waals surface area contributed by atoms with Crippen molar-refractivity contribution in [3.63, 3.8) is 0 Å². The highest BCUT2D eigenvalue weighted by Crippen LogP contribution is 2.65. The molecule has 0 radical (unpaired) electrons. The van der Waals surface area contributed by atoms with Gasteiger partial charge in [0.1, 0.15) is 15.9 Å². The van der Waals surface area contributed by atoms with Crippen LogP contribution in [0.4, 0.5) is 10.1 Å². The van der Waals surface area contributed by atoms with E-state index < -0.39 is 27.9 Å². The van der Waals surface area contributed by atoms with Crippen molar-refractivity contribution >= 4 is 75.4 Å². The molecule has 1 aliphatic carbocycles. The Bertz CT molecular complexity index is 1310. The fourth-order valence-electron chi connectivity index (χ4n) is 3.99. The van der Waals surface area contributed by atoms with Gasteiger partial charge < -0.3 is 10.1 Å². The lowest BCUT2D eigenvalue weighted by Crippen LogP contribution is -2.17. The van der Waals surface area contributed by atoms with Crippen molar-refractivity contribution in [2.45, 2.75) is 16.7 Å². The number of nitrogens with one attached hydrogen (secondary N) is 1. The monoisotopic (exact) mass is 573 g/mol. The zero-order valence-corrected chi connectivity index (χ0v) is 21.8. The van der Waals surface area contributed by atoms with Crippen molar-refractivity contribution in [3.8, 4) is 5.75 Å². The van der Waals surface area contributed by atoms with Gasteiger partial charge in [-0.05, 0) is 48.0 Å². The maximum absolute atomic E-state index is 13.5. The van der Waals surface area contributed by atoms with Crippen molar-refractivity contribution in [3.05, 3.63) is 92.2 Å². The number of alkyl halides is 2. The van der Waals surface area contributed by atoms with Gasteiger partial charge in [0.2, 0.25) is 5.91 Å². The van der Waals surface area contributed by atoms with E-state index in [2.05, 4.69) is 5.32 Å². The molecule has 4 nitrogen and oxygen atoms in total. The zero-order chi connectivity index (χ0) is 25.5. The quantitative estimate of drug-likeness (QED) is 0.232. The summed E-state index contributed by atoms with van der Waals surface area (Å²) in [5.74, 6) is -2.27. The van der Waals surface area contributed by atoms with Gasteiger partial charge in [0.25, 0.3) is 0 Å². The minimum atomic E-state index is -1.34. The topological polar surface area (TPSA) is 55.4 Å². The molecule has 2 unspecified atom stereocenters. The first-order valence-corrected chi connectivity index (χ1v) is 12.2. The van der Waals surface area contributed by atoms with E-state index >= 15 is 0 Å². The predicted octanol–water partition coefficient (Wildman–Crippen LogP) is 7.75. The number of carbonyl (C=O) groups is 2. The molecule has 0 bridgehead atoms. The minimum Gasteiger partial charge on any atom is -0.496 e. The summed E-state index contributed by atoms with van der Waals surface area (Å²) in [5, 5.41) is 3.76. The molecular formula is C25H17Cl5FNO3. The molecule has 3 aromatic rings. The van der Waals surface area contributed by atoms with Crippen LogP contribution >= 0.6 is 58.0 Å². The Hall–Kier alpha value is -2.02. The number of hydrogen-bond donors (Lipinski definition) is 1. The smallest absolute Gasteiger partial charge is 0.231 e. The number of hydrogen-bond acceptors (Lipinski definition) is 3. The van der Waals surface area contributed by atoms with Crippen LogP contribution in [0.5, 0.6) is 5.75 Å². The third-order valence-corrected chi connectivity index (χ3v) is 7.42. The molecule has 35 heavy (non-hydrogen) atoms. The van der Waals surface area contributed by atoms with Crippen molar-refractivity contribution in [2.24, 2.45) is 5.92 Å². The maximum atomic E-state index is 13.5. The summed E-state index contributed by atoms with van der Waals surface area (Å²) >= 11 is 31.2. The number of carbonyl (C=O) groups excluding carboxylic acids is 2. The third-order valence-electron chi connectivity index (χ3n) is 5.71.